The third-order valence-corrected chi connectivity index (χ3v) is 2.68. The third kappa shape index (κ3) is 2.59. The number of pyridine rings is 2. The van der Waals surface area contributed by atoms with E-state index in [0.717, 1.165) is 11.5 Å². The van der Waals surface area contributed by atoms with Crippen LogP contribution in [0.4, 0.5) is 11.5 Å². The van der Waals surface area contributed by atoms with Gasteiger partial charge in [-0.2, -0.15) is 0 Å². The number of hydrogen-bond acceptors (Lipinski definition) is 4. The smallest absolute Gasteiger partial charge is 0.237 e. The lowest BCUT2D eigenvalue weighted by molar-refractivity contribution is 0.400. The Hall–Kier alpha value is -2.10. The summed E-state index contributed by atoms with van der Waals surface area (Å²) >= 11 is 0. The molecule has 0 bridgehead atoms. The van der Waals surface area contributed by atoms with Crippen LogP contribution >= 0.6 is 0 Å². The van der Waals surface area contributed by atoms with Gasteiger partial charge in [0.2, 0.25) is 5.88 Å². The summed E-state index contributed by atoms with van der Waals surface area (Å²) in [7, 11) is 1.61. The molecule has 0 saturated heterocycles. The first-order chi connectivity index (χ1) is 8.72. The molecule has 94 valence electrons. The van der Waals surface area contributed by atoms with Crippen LogP contribution in [0.25, 0.3) is 0 Å². The molecular formula is C14H17N3O. The molecule has 0 amide bonds. The Morgan fingerprint density at radius 1 is 1.11 bits per heavy atom. The zero-order chi connectivity index (χ0) is 13.0. The number of hydrogen-bond donors (Lipinski definition) is 1. The van der Waals surface area contributed by atoms with E-state index in [1.165, 1.54) is 5.56 Å². The molecular weight excluding hydrogens is 226 g/mol. The van der Waals surface area contributed by atoms with Crippen molar-refractivity contribution in [2.75, 3.05) is 12.4 Å². The van der Waals surface area contributed by atoms with E-state index in [0.29, 0.717) is 11.8 Å². The number of aromatic nitrogens is 2. The molecule has 0 radical (unpaired) electrons. The first-order valence-electron chi connectivity index (χ1n) is 5.93. The number of anilines is 2. The Balaban J connectivity index is 2.34. The first kappa shape index (κ1) is 12.4. The molecule has 0 fully saturated rings. The normalized spacial score (nSPS) is 10.4. The summed E-state index contributed by atoms with van der Waals surface area (Å²) in [5.74, 6) is 1.82. The summed E-state index contributed by atoms with van der Waals surface area (Å²) in [5.41, 5.74) is 1.99. The molecule has 0 unspecified atom stereocenters. The van der Waals surface area contributed by atoms with E-state index in [9.17, 15) is 0 Å². The number of nitrogens with one attached hydrogen (secondary N) is 1. The van der Waals surface area contributed by atoms with Gasteiger partial charge in [0.05, 0.1) is 7.11 Å². The van der Waals surface area contributed by atoms with Gasteiger partial charge >= 0.3 is 0 Å². The molecule has 4 heteroatoms. The van der Waals surface area contributed by atoms with E-state index in [-0.39, 0.29) is 0 Å². The zero-order valence-corrected chi connectivity index (χ0v) is 10.8. The van der Waals surface area contributed by atoms with Crippen molar-refractivity contribution in [2.24, 2.45) is 0 Å². The lowest BCUT2D eigenvalue weighted by Crippen LogP contribution is -2.02. The van der Waals surface area contributed by atoms with Crippen LogP contribution in [0.1, 0.15) is 25.3 Å². The molecule has 0 saturated carbocycles. The summed E-state index contributed by atoms with van der Waals surface area (Å²) in [6.45, 7) is 4.28. The predicted octanol–water partition coefficient (Wildman–Crippen LogP) is 3.35. The van der Waals surface area contributed by atoms with Crippen LogP contribution in [-0.2, 0) is 0 Å². The Bertz CT molecular complexity index is 526. The Kier molecular flexibility index (Phi) is 3.77. The van der Waals surface area contributed by atoms with Crippen LogP contribution in [0.5, 0.6) is 5.88 Å². The van der Waals surface area contributed by atoms with Gasteiger partial charge in [0, 0.05) is 12.4 Å². The van der Waals surface area contributed by atoms with Gasteiger partial charge in [0.25, 0.3) is 0 Å². The van der Waals surface area contributed by atoms with Crippen molar-refractivity contribution in [1.82, 2.24) is 9.97 Å². The minimum absolute atomic E-state index is 0.406. The summed E-state index contributed by atoms with van der Waals surface area (Å²) in [6.07, 6.45) is 3.48. The van der Waals surface area contributed by atoms with Gasteiger partial charge < -0.3 is 10.1 Å². The molecule has 0 atom stereocenters. The van der Waals surface area contributed by atoms with Crippen molar-refractivity contribution < 1.29 is 4.74 Å². The molecule has 0 aliphatic rings. The minimum Gasteiger partial charge on any atom is -0.480 e. The van der Waals surface area contributed by atoms with E-state index in [4.69, 9.17) is 4.74 Å². The van der Waals surface area contributed by atoms with Crippen molar-refractivity contribution in [1.29, 1.82) is 0 Å². The standard InChI is InChI=1S/C14H17N3O/c1-10(2)11-6-4-8-15-13(11)17-12-7-5-9-16-14(12)18-3/h4-10H,1-3H3,(H,15,17). The van der Waals surface area contributed by atoms with Gasteiger partial charge in [-0.25, -0.2) is 9.97 Å². The highest BCUT2D eigenvalue weighted by Gasteiger charge is 2.10. The number of nitrogens with zero attached hydrogens (tertiary/aromatic N) is 2. The monoisotopic (exact) mass is 243 g/mol. The largest absolute Gasteiger partial charge is 0.480 e. The minimum atomic E-state index is 0.406. The summed E-state index contributed by atoms with van der Waals surface area (Å²) in [4.78, 5) is 8.53. The fourth-order valence-corrected chi connectivity index (χ4v) is 1.76. The lowest BCUT2D eigenvalue weighted by atomic mass is 10.0. The average Bonchev–Trinajstić information content (AvgIpc) is 2.40. The van der Waals surface area contributed by atoms with Gasteiger partial charge in [-0.1, -0.05) is 19.9 Å². The number of rotatable bonds is 4. The van der Waals surface area contributed by atoms with E-state index in [1.807, 2.05) is 18.2 Å². The van der Waals surface area contributed by atoms with Crippen LogP contribution < -0.4 is 10.1 Å². The average molecular weight is 243 g/mol. The Morgan fingerprint density at radius 2 is 1.83 bits per heavy atom. The molecule has 0 aromatic carbocycles. The van der Waals surface area contributed by atoms with Gasteiger partial charge in [-0.05, 0) is 29.7 Å². The second-order valence-electron chi connectivity index (χ2n) is 4.28. The maximum absolute atomic E-state index is 5.22. The topological polar surface area (TPSA) is 47.0 Å². The van der Waals surface area contributed by atoms with Crippen molar-refractivity contribution in [3.8, 4) is 5.88 Å². The molecule has 2 heterocycles. The van der Waals surface area contributed by atoms with Gasteiger partial charge in [0.1, 0.15) is 11.5 Å². The molecule has 4 nitrogen and oxygen atoms in total. The van der Waals surface area contributed by atoms with E-state index >= 15 is 0 Å². The van der Waals surface area contributed by atoms with Gasteiger partial charge in [0.15, 0.2) is 0 Å². The van der Waals surface area contributed by atoms with Crippen LogP contribution in [0.15, 0.2) is 36.7 Å². The van der Waals surface area contributed by atoms with Crippen LogP contribution in [0, 0.1) is 0 Å². The van der Waals surface area contributed by atoms with E-state index < -0.39 is 0 Å². The second-order valence-corrected chi connectivity index (χ2v) is 4.28. The zero-order valence-electron chi connectivity index (χ0n) is 10.8. The van der Waals surface area contributed by atoms with Crippen LogP contribution in [-0.4, -0.2) is 17.1 Å². The highest BCUT2D eigenvalue weighted by atomic mass is 16.5. The lowest BCUT2D eigenvalue weighted by Gasteiger charge is -2.14. The van der Waals surface area contributed by atoms with Crippen LogP contribution in [0.2, 0.25) is 0 Å². The third-order valence-electron chi connectivity index (χ3n) is 2.68. The quantitative estimate of drug-likeness (QED) is 0.894. The molecule has 2 rings (SSSR count). The molecule has 0 aliphatic heterocycles. The predicted molar refractivity (Wildman–Crippen MR) is 72.4 cm³/mol. The maximum atomic E-state index is 5.22. The summed E-state index contributed by atoms with van der Waals surface area (Å²) < 4.78 is 5.22. The van der Waals surface area contributed by atoms with Crippen molar-refractivity contribution in [3.63, 3.8) is 0 Å². The Labute approximate surface area is 107 Å². The van der Waals surface area contributed by atoms with Crippen molar-refractivity contribution >= 4 is 11.5 Å². The highest BCUT2D eigenvalue weighted by molar-refractivity contribution is 5.64. The molecule has 18 heavy (non-hydrogen) atoms. The molecule has 0 aliphatic carbocycles. The molecule has 1 N–H and O–H groups in total. The van der Waals surface area contributed by atoms with Gasteiger partial charge in [-0.15, -0.1) is 0 Å². The Morgan fingerprint density at radius 3 is 2.56 bits per heavy atom. The van der Waals surface area contributed by atoms with Crippen molar-refractivity contribution in [2.45, 2.75) is 19.8 Å². The fourth-order valence-electron chi connectivity index (χ4n) is 1.76. The fraction of sp³-hybridized carbons (Fsp3) is 0.286. The maximum Gasteiger partial charge on any atom is 0.237 e. The first-order valence-corrected chi connectivity index (χ1v) is 5.93. The second kappa shape index (κ2) is 5.49. The summed E-state index contributed by atoms with van der Waals surface area (Å²) in [5, 5.41) is 3.27. The van der Waals surface area contributed by atoms with Crippen molar-refractivity contribution in [3.05, 3.63) is 42.2 Å². The SMILES string of the molecule is COc1ncccc1Nc1ncccc1C(C)C. The molecule has 0 spiro atoms. The molecule has 2 aromatic rings. The van der Waals surface area contributed by atoms with Crippen LogP contribution in [0.3, 0.4) is 0 Å². The number of ether oxygens (including phenoxy) is 1. The van der Waals surface area contributed by atoms with E-state index in [2.05, 4.69) is 35.2 Å². The number of methoxy groups -OCH3 is 1. The van der Waals surface area contributed by atoms with Gasteiger partial charge in [-0.3, -0.25) is 0 Å². The summed E-state index contributed by atoms with van der Waals surface area (Å²) in [6, 6.07) is 7.80. The highest BCUT2D eigenvalue weighted by Crippen LogP contribution is 2.28. The molecule has 2 aromatic heterocycles. The van der Waals surface area contributed by atoms with E-state index in [1.54, 1.807) is 19.5 Å².